The quantitative estimate of drug-likeness (QED) is 0.851. The molecule has 7 heteroatoms. The van der Waals surface area contributed by atoms with Gasteiger partial charge in [-0.05, 0) is 30.7 Å². The molecule has 0 saturated carbocycles. The zero-order chi connectivity index (χ0) is 17.0. The van der Waals surface area contributed by atoms with E-state index in [1.807, 2.05) is 0 Å². The molecule has 2 N–H and O–H groups in total. The van der Waals surface area contributed by atoms with E-state index in [0.29, 0.717) is 17.7 Å². The maximum atomic E-state index is 12.4. The van der Waals surface area contributed by atoms with Gasteiger partial charge >= 0.3 is 5.97 Å². The van der Waals surface area contributed by atoms with Crippen molar-refractivity contribution in [3.63, 3.8) is 0 Å². The molecule has 0 bridgehead atoms. The summed E-state index contributed by atoms with van der Waals surface area (Å²) in [6.07, 6.45) is 6.93. The molecule has 1 aromatic carbocycles. The van der Waals surface area contributed by atoms with E-state index in [4.69, 9.17) is 16.7 Å². The normalized spacial score (nSPS) is 16.1. The van der Waals surface area contributed by atoms with Crippen LogP contribution in [0.25, 0.3) is 0 Å². The SMILES string of the molecule is CC(C(=O)O)C1=CC=C(NS(=O)(=O)c2ccccc2Cl)CC=C1. The third-order valence-corrected chi connectivity index (χ3v) is 5.29. The third-order valence-electron chi connectivity index (χ3n) is 3.39. The fourth-order valence-corrected chi connectivity index (χ4v) is 3.67. The summed E-state index contributed by atoms with van der Waals surface area (Å²) in [7, 11) is -3.79. The van der Waals surface area contributed by atoms with Gasteiger partial charge in [0.2, 0.25) is 0 Å². The summed E-state index contributed by atoms with van der Waals surface area (Å²) in [6, 6.07) is 6.17. The third kappa shape index (κ3) is 4.24. The second kappa shape index (κ2) is 7.02. The molecule has 1 aliphatic carbocycles. The van der Waals surface area contributed by atoms with Gasteiger partial charge in [0.25, 0.3) is 10.0 Å². The highest BCUT2D eigenvalue weighted by Crippen LogP contribution is 2.22. The Balaban J connectivity index is 2.26. The van der Waals surface area contributed by atoms with Gasteiger partial charge in [-0.2, -0.15) is 0 Å². The molecule has 0 fully saturated rings. The van der Waals surface area contributed by atoms with E-state index in [1.165, 1.54) is 12.1 Å². The summed E-state index contributed by atoms with van der Waals surface area (Å²) < 4.78 is 27.3. The molecular formula is C16H16ClNO4S. The second-order valence-corrected chi connectivity index (χ2v) is 7.12. The van der Waals surface area contributed by atoms with Crippen LogP contribution in [0.3, 0.4) is 0 Å². The summed E-state index contributed by atoms with van der Waals surface area (Å²) in [6.45, 7) is 1.57. The average molecular weight is 354 g/mol. The predicted octanol–water partition coefficient (Wildman–Crippen LogP) is 3.11. The van der Waals surface area contributed by atoms with Gasteiger partial charge in [0.1, 0.15) is 4.90 Å². The number of aliphatic carboxylic acids is 1. The summed E-state index contributed by atoms with van der Waals surface area (Å²) >= 11 is 5.93. The number of hydrogen-bond donors (Lipinski definition) is 2. The number of nitrogens with one attached hydrogen (secondary N) is 1. The predicted molar refractivity (Wildman–Crippen MR) is 88.5 cm³/mol. The Labute approximate surface area is 140 Å². The molecule has 0 radical (unpaired) electrons. The molecule has 1 atom stereocenters. The smallest absolute Gasteiger partial charge is 0.310 e. The molecule has 0 aliphatic heterocycles. The van der Waals surface area contributed by atoms with Crippen LogP contribution in [0.5, 0.6) is 0 Å². The Morgan fingerprint density at radius 2 is 2.00 bits per heavy atom. The fraction of sp³-hybridized carbons (Fsp3) is 0.188. The number of hydrogen-bond acceptors (Lipinski definition) is 3. The van der Waals surface area contributed by atoms with Crippen LogP contribution in [0.15, 0.2) is 64.7 Å². The zero-order valence-electron chi connectivity index (χ0n) is 12.4. The van der Waals surface area contributed by atoms with Gasteiger partial charge in [-0.1, -0.05) is 42.0 Å². The van der Waals surface area contributed by atoms with E-state index in [2.05, 4.69) is 4.72 Å². The van der Waals surface area contributed by atoms with Crippen molar-refractivity contribution in [1.82, 2.24) is 4.72 Å². The van der Waals surface area contributed by atoms with Gasteiger partial charge in [-0.25, -0.2) is 8.42 Å². The van der Waals surface area contributed by atoms with Gasteiger partial charge < -0.3 is 5.11 Å². The number of sulfonamides is 1. The van der Waals surface area contributed by atoms with Crippen molar-refractivity contribution in [1.29, 1.82) is 0 Å². The van der Waals surface area contributed by atoms with Gasteiger partial charge in [0.05, 0.1) is 10.9 Å². The van der Waals surface area contributed by atoms with Gasteiger partial charge in [-0.15, -0.1) is 0 Å². The number of benzene rings is 1. The minimum Gasteiger partial charge on any atom is -0.481 e. The molecule has 2 rings (SSSR count). The maximum Gasteiger partial charge on any atom is 0.310 e. The first-order valence-corrected chi connectivity index (χ1v) is 8.75. The van der Waals surface area contributed by atoms with Crippen LogP contribution in [0, 0.1) is 5.92 Å². The highest BCUT2D eigenvalue weighted by molar-refractivity contribution is 7.89. The first-order valence-electron chi connectivity index (χ1n) is 6.88. The number of allylic oxidation sites excluding steroid dienone is 4. The maximum absolute atomic E-state index is 12.4. The van der Waals surface area contributed by atoms with E-state index < -0.39 is 21.9 Å². The second-order valence-electron chi connectivity index (χ2n) is 5.06. The van der Waals surface area contributed by atoms with Gasteiger partial charge in [0.15, 0.2) is 0 Å². The summed E-state index contributed by atoms with van der Waals surface area (Å²) in [5.74, 6) is -1.60. The van der Waals surface area contributed by atoms with Crippen molar-refractivity contribution >= 4 is 27.6 Å². The first-order chi connectivity index (χ1) is 10.8. The van der Waals surface area contributed by atoms with E-state index in [0.717, 1.165) is 0 Å². The molecule has 0 heterocycles. The van der Waals surface area contributed by atoms with Gasteiger partial charge in [0, 0.05) is 12.1 Å². The number of carboxylic acid groups (broad SMARTS) is 1. The molecule has 122 valence electrons. The Morgan fingerprint density at radius 3 is 2.65 bits per heavy atom. The van der Waals surface area contributed by atoms with Crippen molar-refractivity contribution in [2.45, 2.75) is 18.2 Å². The number of rotatable bonds is 5. The molecule has 1 aliphatic rings. The van der Waals surface area contributed by atoms with Crippen molar-refractivity contribution in [3.05, 3.63) is 64.9 Å². The van der Waals surface area contributed by atoms with E-state index in [-0.39, 0.29) is 9.92 Å². The van der Waals surface area contributed by atoms with Crippen molar-refractivity contribution in [2.24, 2.45) is 5.92 Å². The Morgan fingerprint density at radius 1 is 1.30 bits per heavy atom. The van der Waals surface area contributed by atoms with Crippen molar-refractivity contribution < 1.29 is 18.3 Å². The minimum absolute atomic E-state index is 0.00102. The highest BCUT2D eigenvalue weighted by atomic mass is 35.5. The number of halogens is 1. The van der Waals surface area contributed by atoms with Crippen LogP contribution in [-0.4, -0.2) is 19.5 Å². The van der Waals surface area contributed by atoms with Crippen molar-refractivity contribution in [2.75, 3.05) is 0 Å². The van der Waals surface area contributed by atoms with Gasteiger partial charge in [-0.3, -0.25) is 9.52 Å². The number of carboxylic acids is 1. The first kappa shape index (κ1) is 17.3. The standard InChI is InChI=1S/C16H16ClNO4S/c1-11(16(19)20)12-5-4-6-13(10-9-12)18-23(21,22)15-8-3-2-7-14(15)17/h2-5,7-11,18H,6H2,1H3,(H,19,20). The lowest BCUT2D eigenvalue weighted by molar-refractivity contribution is -0.139. The Hall–Kier alpha value is -2.05. The monoisotopic (exact) mass is 353 g/mol. The van der Waals surface area contributed by atoms with Crippen LogP contribution < -0.4 is 4.72 Å². The summed E-state index contributed by atoms with van der Waals surface area (Å²) in [5.41, 5.74) is 1.04. The minimum atomic E-state index is -3.79. The molecule has 0 amide bonds. The summed E-state index contributed by atoms with van der Waals surface area (Å²) in [4.78, 5) is 11.0. The molecule has 1 unspecified atom stereocenters. The molecule has 0 spiro atoms. The lowest BCUT2D eigenvalue weighted by atomic mass is 10.0. The van der Waals surface area contributed by atoms with E-state index in [9.17, 15) is 13.2 Å². The van der Waals surface area contributed by atoms with E-state index >= 15 is 0 Å². The lowest BCUT2D eigenvalue weighted by Crippen LogP contribution is -2.23. The van der Waals surface area contributed by atoms with E-state index in [1.54, 1.807) is 43.4 Å². The largest absolute Gasteiger partial charge is 0.481 e. The Bertz CT molecular complexity index is 809. The summed E-state index contributed by atoms with van der Waals surface area (Å²) in [5, 5.41) is 9.18. The lowest BCUT2D eigenvalue weighted by Gasteiger charge is -2.10. The average Bonchev–Trinajstić information content (AvgIpc) is 2.71. The fourth-order valence-electron chi connectivity index (χ4n) is 2.04. The molecule has 0 aromatic heterocycles. The zero-order valence-corrected chi connectivity index (χ0v) is 13.9. The van der Waals surface area contributed by atoms with Crippen LogP contribution in [-0.2, 0) is 14.8 Å². The topological polar surface area (TPSA) is 83.5 Å². The van der Waals surface area contributed by atoms with Crippen LogP contribution in [0.2, 0.25) is 5.02 Å². The number of carbonyl (C=O) groups is 1. The van der Waals surface area contributed by atoms with Crippen LogP contribution >= 0.6 is 11.6 Å². The van der Waals surface area contributed by atoms with Crippen LogP contribution in [0.4, 0.5) is 0 Å². The molecule has 23 heavy (non-hydrogen) atoms. The van der Waals surface area contributed by atoms with Crippen LogP contribution in [0.1, 0.15) is 13.3 Å². The molecular weight excluding hydrogens is 338 g/mol. The molecule has 0 saturated heterocycles. The molecule has 5 nitrogen and oxygen atoms in total. The Kier molecular flexibility index (Phi) is 5.28. The molecule has 1 aromatic rings. The highest BCUT2D eigenvalue weighted by Gasteiger charge is 2.19. The van der Waals surface area contributed by atoms with Crippen molar-refractivity contribution in [3.8, 4) is 0 Å².